The van der Waals surface area contributed by atoms with Gasteiger partial charge in [-0.2, -0.15) is 0 Å². The minimum atomic E-state index is -0.252. The molecule has 0 fully saturated rings. The van der Waals surface area contributed by atoms with Crippen LogP contribution in [-0.2, 0) is 5.41 Å². The lowest BCUT2D eigenvalue weighted by Gasteiger charge is -2.22. The maximum absolute atomic E-state index is 6.87. The van der Waals surface area contributed by atoms with Crippen LogP contribution in [0.25, 0.3) is 89.5 Å². The average Bonchev–Trinajstić information content (AvgIpc) is 3.85. The normalized spacial score (nSPS) is 13.3. The molecule has 0 unspecified atom stereocenters. The minimum Gasteiger partial charge on any atom is -0.455 e. The second-order valence-electron chi connectivity index (χ2n) is 13.1. The smallest absolute Gasteiger partial charge is 0.181 e. The third-order valence-corrected chi connectivity index (χ3v) is 9.89. The fourth-order valence-corrected chi connectivity index (χ4v) is 7.54. The van der Waals surface area contributed by atoms with Gasteiger partial charge in [0.2, 0.25) is 0 Å². The van der Waals surface area contributed by atoms with E-state index in [2.05, 4.69) is 67.4 Å². The molecule has 0 bridgehead atoms. The lowest BCUT2D eigenvalue weighted by molar-refractivity contribution is 0.602. The number of rotatable bonds is 4. The van der Waals surface area contributed by atoms with E-state index in [1.165, 1.54) is 28.6 Å². The van der Waals surface area contributed by atoms with Crippen LogP contribution in [0.15, 0.2) is 143 Å². The molecule has 0 N–H and O–H groups in total. The fraction of sp³-hybridized carbons (Fsp3) is 0.0698. The van der Waals surface area contributed by atoms with E-state index in [4.69, 9.17) is 23.8 Å². The summed E-state index contributed by atoms with van der Waals surface area (Å²) in [6.45, 7) is 4.54. The van der Waals surface area contributed by atoms with Crippen LogP contribution in [0.1, 0.15) is 25.0 Å². The largest absolute Gasteiger partial charge is 0.455 e. The van der Waals surface area contributed by atoms with E-state index in [-0.39, 0.29) is 5.41 Å². The number of oxazole rings is 1. The van der Waals surface area contributed by atoms with Crippen LogP contribution in [0.3, 0.4) is 0 Å². The molecule has 0 saturated heterocycles. The summed E-state index contributed by atoms with van der Waals surface area (Å²) in [6, 6.07) is 43.5. The van der Waals surface area contributed by atoms with Crippen LogP contribution in [0, 0.1) is 0 Å². The van der Waals surface area contributed by atoms with Gasteiger partial charge in [-0.1, -0.05) is 123 Å². The Morgan fingerprint density at radius 3 is 1.82 bits per heavy atom. The van der Waals surface area contributed by atoms with E-state index in [1.807, 2.05) is 78.9 Å². The van der Waals surface area contributed by atoms with Gasteiger partial charge in [0.15, 0.2) is 29.4 Å². The van der Waals surface area contributed by atoms with Gasteiger partial charge in [-0.15, -0.1) is 0 Å². The number of aromatic nitrogens is 4. The third-order valence-electron chi connectivity index (χ3n) is 9.89. The summed E-state index contributed by atoms with van der Waals surface area (Å²) in [5, 5.41) is 2.06. The summed E-state index contributed by atoms with van der Waals surface area (Å²) >= 11 is 0. The Bertz CT molecular complexity index is 2690. The summed E-state index contributed by atoms with van der Waals surface area (Å²) in [5.41, 5.74) is 12.8. The van der Waals surface area contributed by atoms with E-state index >= 15 is 0 Å². The molecule has 232 valence electrons. The first kappa shape index (κ1) is 27.7. The number of hydrogen-bond donors (Lipinski definition) is 0. The molecule has 0 aliphatic heterocycles. The number of benzene rings is 6. The minimum absolute atomic E-state index is 0.252. The predicted octanol–water partition coefficient (Wildman–Crippen LogP) is 10.9. The molecular formula is C43H28N4O2. The molecule has 0 saturated carbocycles. The number of nitrogens with zero attached hydrogens (tertiary/aromatic N) is 4. The Hall–Kier alpha value is -6.40. The van der Waals surface area contributed by atoms with Crippen LogP contribution >= 0.6 is 0 Å². The first-order chi connectivity index (χ1) is 24.0. The molecule has 9 aromatic rings. The van der Waals surface area contributed by atoms with Crippen LogP contribution < -0.4 is 0 Å². The molecule has 49 heavy (non-hydrogen) atoms. The maximum atomic E-state index is 6.87. The van der Waals surface area contributed by atoms with Crippen LogP contribution in [-0.4, -0.2) is 19.9 Å². The van der Waals surface area contributed by atoms with E-state index in [0.717, 1.165) is 60.9 Å². The van der Waals surface area contributed by atoms with Crippen molar-refractivity contribution < 1.29 is 8.83 Å². The van der Waals surface area contributed by atoms with Crippen LogP contribution in [0.4, 0.5) is 0 Å². The number of para-hydroxylation sites is 2. The highest BCUT2D eigenvalue weighted by Crippen LogP contribution is 2.52. The first-order valence-corrected chi connectivity index (χ1v) is 16.4. The van der Waals surface area contributed by atoms with Crippen LogP contribution in [0.2, 0.25) is 0 Å². The topological polar surface area (TPSA) is 77.8 Å². The number of hydrogen-bond acceptors (Lipinski definition) is 6. The fourth-order valence-electron chi connectivity index (χ4n) is 7.54. The molecule has 1 aliphatic carbocycles. The van der Waals surface area contributed by atoms with Crippen molar-refractivity contribution >= 4 is 33.0 Å². The average molecular weight is 633 g/mol. The molecule has 3 heterocycles. The van der Waals surface area contributed by atoms with Crippen molar-refractivity contribution in [3.05, 3.63) is 145 Å². The zero-order valence-corrected chi connectivity index (χ0v) is 26.8. The van der Waals surface area contributed by atoms with Gasteiger partial charge in [-0.3, -0.25) is 0 Å². The lowest BCUT2D eigenvalue weighted by atomic mass is 9.81. The second-order valence-corrected chi connectivity index (χ2v) is 13.1. The molecular weight excluding hydrogens is 604 g/mol. The van der Waals surface area contributed by atoms with E-state index in [0.29, 0.717) is 17.5 Å². The van der Waals surface area contributed by atoms with Crippen molar-refractivity contribution in [3.63, 3.8) is 0 Å². The molecule has 1 aliphatic rings. The zero-order chi connectivity index (χ0) is 32.7. The van der Waals surface area contributed by atoms with Crippen LogP contribution in [0.5, 0.6) is 0 Å². The highest BCUT2D eigenvalue weighted by Gasteiger charge is 2.38. The second kappa shape index (κ2) is 10.3. The molecule has 6 nitrogen and oxygen atoms in total. The summed E-state index contributed by atoms with van der Waals surface area (Å²) in [6.07, 6.45) is 1.54. The van der Waals surface area contributed by atoms with Crippen molar-refractivity contribution in [1.29, 1.82) is 0 Å². The Kier molecular flexibility index (Phi) is 5.82. The first-order valence-electron chi connectivity index (χ1n) is 16.4. The van der Waals surface area contributed by atoms with E-state index in [9.17, 15) is 0 Å². The van der Waals surface area contributed by atoms with Crippen molar-refractivity contribution in [2.24, 2.45) is 0 Å². The Morgan fingerprint density at radius 1 is 0.510 bits per heavy atom. The van der Waals surface area contributed by atoms with Gasteiger partial charge in [-0.25, -0.2) is 19.9 Å². The van der Waals surface area contributed by atoms with Crippen molar-refractivity contribution in [2.45, 2.75) is 19.3 Å². The summed E-state index contributed by atoms with van der Waals surface area (Å²) in [4.78, 5) is 19.5. The predicted molar refractivity (Wildman–Crippen MR) is 194 cm³/mol. The quantitative estimate of drug-likeness (QED) is 0.192. The Balaban J connectivity index is 1.15. The van der Waals surface area contributed by atoms with Gasteiger partial charge < -0.3 is 8.83 Å². The van der Waals surface area contributed by atoms with Gasteiger partial charge in [0.25, 0.3) is 0 Å². The molecule has 0 atom stereocenters. The van der Waals surface area contributed by atoms with E-state index < -0.39 is 0 Å². The Labute approximate surface area is 281 Å². The summed E-state index contributed by atoms with van der Waals surface area (Å²) in [5.74, 6) is 1.79. The molecule has 6 aromatic carbocycles. The third kappa shape index (κ3) is 4.14. The Morgan fingerprint density at radius 2 is 1.12 bits per heavy atom. The lowest BCUT2D eigenvalue weighted by Crippen LogP contribution is -2.15. The number of fused-ring (bicyclic) bond motifs is 8. The van der Waals surface area contributed by atoms with Crippen molar-refractivity contribution in [2.75, 3.05) is 0 Å². The standard InChI is InChI=1S/C43H28N4O2/c1-43(2)34-23-27(19-20-29(34)30-21-22-35-37(36(30)43)44-24-48-35)28-15-9-16-31-32-17-10-18-33(39(32)49-38(28)31)42-46-40(25-11-5-3-6-12-25)45-41(47-42)26-13-7-4-8-14-26/h3-24H,1-2H3. The SMILES string of the molecule is CC1(C)c2cc(-c3cccc4c3oc3c(-c5nc(-c6ccccc6)nc(-c6ccccc6)n5)cccc34)ccc2-c2ccc3ocnc3c21. The molecule has 6 heteroatoms. The van der Waals surface area contributed by atoms with Crippen molar-refractivity contribution in [1.82, 2.24) is 19.9 Å². The maximum Gasteiger partial charge on any atom is 0.181 e. The monoisotopic (exact) mass is 632 g/mol. The van der Waals surface area contributed by atoms with E-state index in [1.54, 1.807) is 0 Å². The zero-order valence-electron chi connectivity index (χ0n) is 26.8. The molecule has 0 amide bonds. The van der Waals surface area contributed by atoms with Gasteiger partial charge >= 0.3 is 0 Å². The van der Waals surface area contributed by atoms with Gasteiger partial charge in [0.1, 0.15) is 16.7 Å². The van der Waals surface area contributed by atoms with Crippen molar-refractivity contribution in [3.8, 4) is 56.4 Å². The molecule has 0 spiro atoms. The highest BCUT2D eigenvalue weighted by molar-refractivity contribution is 6.13. The molecule has 10 rings (SSSR count). The summed E-state index contributed by atoms with van der Waals surface area (Å²) < 4.78 is 12.5. The highest BCUT2D eigenvalue weighted by atomic mass is 16.3. The summed E-state index contributed by atoms with van der Waals surface area (Å²) in [7, 11) is 0. The van der Waals surface area contributed by atoms with Gasteiger partial charge in [0, 0.05) is 32.9 Å². The van der Waals surface area contributed by atoms with Gasteiger partial charge in [-0.05, 0) is 46.0 Å². The van der Waals surface area contributed by atoms with Gasteiger partial charge in [0.05, 0.1) is 5.56 Å². The molecule has 0 radical (unpaired) electrons. The molecule has 3 aromatic heterocycles. The number of furan rings is 1.